The number of carbonyl (C=O) groups excluding carboxylic acids is 2. The van der Waals surface area contributed by atoms with E-state index in [1.807, 2.05) is 20.2 Å². The van der Waals surface area contributed by atoms with Crippen LogP contribution in [0.1, 0.15) is 15.9 Å². The summed E-state index contributed by atoms with van der Waals surface area (Å²) >= 11 is 0. The molecule has 198 valence electrons. The van der Waals surface area contributed by atoms with E-state index in [0.717, 1.165) is 17.4 Å². The number of anilines is 5. The second-order valence-electron chi connectivity index (χ2n) is 8.69. The third-order valence-corrected chi connectivity index (χ3v) is 5.85. The van der Waals surface area contributed by atoms with Gasteiger partial charge in [-0.15, -0.1) is 0 Å². The number of aromatic nitrogens is 2. The number of fused-ring (bicyclic) bond motifs is 1. The molecule has 1 aliphatic rings. The van der Waals surface area contributed by atoms with Gasteiger partial charge in [0.25, 0.3) is 0 Å². The third kappa shape index (κ3) is 5.47. The van der Waals surface area contributed by atoms with Gasteiger partial charge in [-0.25, -0.2) is 9.78 Å². The first-order chi connectivity index (χ1) is 18.2. The number of hydrogen-bond donors (Lipinski definition) is 2. The first-order valence-electron chi connectivity index (χ1n) is 11.6. The summed E-state index contributed by atoms with van der Waals surface area (Å²) in [6.45, 7) is 0.818. The zero-order valence-electron chi connectivity index (χ0n) is 21.3. The molecule has 38 heavy (non-hydrogen) atoms. The number of para-hydroxylation sites is 1. The molecule has 1 aromatic heterocycles. The lowest BCUT2D eigenvalue weighted by Gasteiger charge is -2.21. The molecule has 13 nitrogen and oxygen atoms in total. The number of nitrogens with one attached hydrogen (secondary N) is 2. The maximum absolute atomic E-state index is 12.8. The molecule has 0 fully saturated rings. The Hall–Kier alpha value is -4.78. The number of nitrogens with zero attached hydrogens (tertiary/aromatic N) is 5. The lowest BCUT2D eigenvalue weighted by Crippen LogP contribution is -2.36. The van der Waals surface area contributed by atoms with Crippen molar-refractivity contribution in [1.29, 1.82) is 0 Å². The SMILES string of the molecule is COC(=O)c1ccccc1Nc1nc(Nc2cc3c(cc2OC)CCN3C(=O)CN(C)C)ncc1[N+](=O)[O-]. The average molecular weight is 522 g/mol. The second-order valence-corrected chi connectivity index (χ2v) is 8.69. The van der Waals surface area contributed by atoms with E-state index >= 15 is 0 Å². The Morgan fingerprint density at radius 3 is 2.61 bits per heavy atom. The standard InChI is InChI=1S/C25H27N7O6/c1-30(2)14-22(33)31-10-9-15-11-21(37-3)18(12-19(15)31)28-25-26-13-20(32(35)36)23(29-25)27-17-8-6-5-7-16(17)24(34)38-4/h5-8,11-13H,9-10,14H2,1-4H3,(H2,26,27,28,29). The topological polar surface area (TPSA) is 152 Å². The van der Waals surface area contributed by atoms with Crippen LogP contribution >= 0.6 is 0 Å². The van der Waals surface area contributed by atoms with Gasteiger partial charge in [-0.05, 0) is 50.3 Å². The Bertz CT molecular complexity index is 1390. The zero-order valence-corrected chi connectivity index (χ0v) is 21.3. The number of benzene rings is 2. The smallest absolute Gasteiger partial charge is 0.339 e. The van der Waals surface area contributed by atoms with Gasteiger partial charge in [0.1, 0.15) is 11.9 Å². The largest absolute Gasteiger partial charge is 0.495 e. The van der Waals surface area contributed by atoms with Crippen LogP contribution < -0.4 is 20.3 Å². The Balaban J connectivity index is 1.69. The molecule has 1 amide bonds. The van der Waals surface area contributed by atoms with Crippen molar-refractivity contribution >= 4 is 46.4 Å². The van der Waals surface area contributed by atoms with Crippen LogP contribution in [0.3, 0.4) is 0 Å². The fraction of sp³-hybridized carbons (Fsp3) is 0.280. The van der Waals surface area contributed by atoms with Gasteiger partial charge >= 0.3 is 11.7 Å². The predicted molar refractivity (Wildman–Crippen MR) is 141 cm³/mol. The number of rotatable bonds is 9. The summed E-state index contributed by atoms with van der Waals surface area (Å²) in [5.74, 6) is -0.243. The maximum Gasteiger partial charge on any atom is 0.339 e. The van der Waals surface area contributed by atoms with Crippen molar-refractivity contribution in [3.63, 3.8) is 0 Å². The lowest BCUT2D eigenvalue weighted by atomic mass is 10.1. The van der Waals surface area contributed by atoms with E-state index in [-0.39, 0.29) is 35.5 Å². The van der Waals surface area contributed by atoms with E-state index in [9.17, 15) is 19.7 Å². The minimum absolute atomic E-state index is 0.0350. The van der Waals surface area contributed by atoms with Crippen molar-refractivity contribution < 1.29 is 24.0 Å². The molecule has 13 heteroatoms. The van der Waals surface area contributed by atoms with Gasteiger partial charge < -0.3 is 29.9 Å². The molecule has 0 saturated carbocycles. The number of hydrogen-bond acceptors (Lipinski definition) is 11. The molecule has 1 aliphatic heterocycles. The quantitative estimate of drug-likeness (QED) is 0.243. The Kier molecular flexibility index (Phi) is 7.67. The molecule has 4 rings (SSSR count). The number of nitro groups is 1. The van der Waals surface area contributed by atoms with Crippen LogP contribution in [-0.4, -0.2) is 73.1 Å². The molecule has 0 aliphatic carbocycles. The minimum Gasteiger partial charge on any atom is -0.495 e. The van der Waals surface area contributed by atoms with Crippen molar-refractivity contribution in [2.24, 2.45) is 0 Å². The Labute approximate surface area is 218 Å². The van der Waals surface area contributed by atoms with Gasteiger partial charge in [0.05, 0.1) is 42.6 Å². The van der Waals surface area contributed by atoms with E-state index < -0.39 is 16.6 Å². The van der Waals surface area contributed by atoms with Crippen LogP contribution in [-0.2, 0) is 16.0 Å². The van der Waals surface area contributed by atoms with Crippen LogP contribution in [0.4, 0.5) is 34.5 Å². The molecule has 2 heterocycles. The number of likely N-dealkylation sites (N-methyl/N-ethyl adjacent to an activating group) is 1. The highest BCUT2D eigenvalue weighted by Gasteiger charge is 2.27. The average Bonchev–Trinajstić information content (AvgIpc) is 3.30. The molecule has 0 radical (unpaired) electrons. The van der Waals surface area contributed by atoms with Gasteiger partial charge in [0, 0.05) is 12.2 Å². The molecular formula is C25H27N7O6. The molecule has 2 N–H and O–H groups in total. The fourth-order valence-corrected chi connectivity index (χ4v) is 4.09. The summed E-state index contributed by atoms with van der Waals surface area (Å²) in [4.78, 5) is 47.9. The molecular weight excluding hydrogens is 494 g/mol. The molecule has 3 aromatic rings. The summed E-state index contributed by atoms with van der Waals surface area (Å²) in [6.07, 6.45) is 1.75. The van der Waals surface area contributed by atoms with E-state index in [1.54, 1.807) is 34.1 Å². The van der Waals surface area contributed by atoms with E-state index in [4.69, 9.17) is 9.47 Å². The van der Waals surface area contributed by atoms with Gasteiger partial charge in [0.2, 0.25) is 17.7 Å². The third-order valence-electron chi connectivity index (χ3n) is 5.85. The highest BCUT2D eigenvalue weighted by atomic mass is 16.6. The summed E-state index contributed by atoms with van der Waals surface area (Å²) < 4.78 is 10.3. The van der Waals surface area contributed by atoms with E-state index in [0.29, 0.717) is 24.4 Å². The van der Waals surface area contributed by atoms with Crippen LogP contribution in [0.15, 0.2) is 42.6 Å². The highest BCUT2D eigenvalue weighted by Crippen LogP contribution is 2.39. The fourth-order valence-electron chi connectivity index (χ4n) is 4.09. The molecule has 0 saturated heterocycles. The molecule has 0 spiro atoms. The van der Waals surface area contributed by atoms with Crippen LogP contribution in [0.5, 0.6) is 5.75 Å². The lowest BCUT2D eigenvalue weighted by molar-refractivity contribution is -0.384. The Morgan fingerprint density at radius 2 is 1.92 bits per heavy atom. The first kappa shape index (κ1) is 26.3. The van der Waals surface area contributed by atoms with Gasteiger partial charge in [-0.3, -0.25) is 14.9 Å². The summed E-state index contributed by atoms with van der Waals surface area (Å²) in [7, 11) is 6.42. The van der Waals surface area contributed by atoms with Crippen molar-refractivity contribution in [2.75, 3.05) is 56.9 Å². The van der Waals surface area contributed by atoms with E-state index in [1.165, 1.54) is 20.3 Å². The molecule has 0 atom stereocenters. The first-order valence-corrected chi connectivity index (χ1v) is 11.6. The zero-order chi connectivity index (χ0) is 27.4. The highest BCUT2D eigenvalue weighted by molar-refractivity contribution is 5.98. The number of ether oxygens (including phenoxy) is 2. The number of methoxy groups -OCH3 is 2. The monoisotopic (exact) mass is 521 g/mol. The predicted octanol–water partition coefficient (Wildman–Crippen LogP) is 3.12. The summed E-state index contributed by atoms with van der Waals surface area (Å²) in [6, 6.07) is 10.0. The molecule has 0 bridgehead atoms. The normalized spacial score (nSPS) is 12.2. The number of amides is 1. The molecule has 2 aromatic carbocycles. The van der Waals surface area contributed by atoms with Crippen molar-refractivity contribution in [3.8, 4) is 5.75 Å². The van der Waals surface area contributed by atoms with Crippen molar-refractivity contribution in [1.82, 2.24) is 14.9 Å². The minimum atomic E-state index is -0.628. The van der Waals surface area contributed by atoms with Gasteiger partial charge in [-0.1, -0.05) is 12.1 Å². The van der Waals surface area contributed by atoms with Gasteiger partial charge in [0.15, 0.2) is 0 Å². The van der Waals surface area contributed by atoms with Crippen LogP contribution in [0.25, 0.3) is 0 Å². The summed E-state index contributed by atoms with van der Waals surface area (Å²) in [5, 5.41) is 17.6. The number of esters is 1. The second kappa shape index (κ2) is 11.1. The Morgan fingerprint density at radius 1 is 1.16 bits per heavy atom. The van der Waals surface area contributed by atoms with Crippen LogP contribution in [0, 0.1) is 10.1 Å². The summed E-state index contributed by atoms with van der Waals surface area (Å²) in [5.41, 5.74) is 2.25. The van der Waals surface area contributed by atoms with Crippen LogP contribution in [0.2, 0.25) is 0 Å². The van der Waals surface area contributed by atoms with Crippen molar-refractivity contribution in [3.05, 3.63) is 63.8 Å². The molecule has 0 unspecified atom stereocenters. The van der Waals surface area contributed by atoms with E-state index in [2.05, 4.69) is 20.6 Å². The van der Waals surface area contributed by atoms with Gasteiger partial charge in [-0.2, -0.15) is 4.98 Å². The number of carbonyl (C=O) groups is 2. The maximum atomic E-state index is 12.8. The van der Waals surface area contributed by atoms with Crippen molar-refractivity contribution in [2.45, 2.75) is 6.42 Å².